The molecular formula is C18H21N3O3S. The van der Waals surface area contributed by atoms with Crippen LogP contribution in [-0.2, 0) is 9.53 Å². The molecule has 3 N–H and O–H groups in total. The molecule has 1 aromatic heterocycles. The van der Waals surface area contributed by atoms with Crippen molar-refractivity contribution in [1.82, 2.24) is 4.98 Å². The van der Waals surface area contributed by atoms with Gasteiger partial charge in [-0.3, -0.25) is 9.79 Å². The number of nitrogens with one attached hydrogen (secondary N) is 2. The summed E-state index contributed by atoms with van der Waals surface area (Å²) >= 11 is 1.62. The van der Waals surface area contributed by atoms with Crippen LogP contribution in [0, 0.1) is 6.92 Å². The Morgan fingerprint density at radius 1 is 1.48 bits per heavy atom. The van der Waals surface area contributed by atoms with Gasteiger partial charge in [0.05, 0.1) is 42.0 Å². The van der Waals surface area contributed by atoms with Gasteiger partial charge < -0.3 is 20.1 Å². The second-order valence-corrected chi connectivity index (χ2v) is 7.67. The number of carboxylic acid groups (broad SMARTS) is 1. The molecule has 1 fully saturated rings. The maximum absolute atomic E-state index is 10.9. The lowest BCUT2D eigenvalue weighted by Crippen LogP contribution is -2.19. The Kier molecular flexibility index (Phi) is 4.43. The van der Waals surface area contributed by atoms with Gasteiger partial charge in [0.25, 0.3) is 0 Å². The van der Waals surface area contributed by atoms with Crippen LogP contribution in [0.3, 0.4) is 0 Å². The molecule has 2 aliphatic rings. The van der Waals surface area contributed by atoms with E-state index in [-0.39, 0.29) is 12.5 Å². The van der Waals surface area contributed by atoms with E-state index in [0.717, 1.165) is 52.7 Å². The molecule has 2 aromatic rings. The van der Waals surface area contributed by atoms with Gasteiger partial charge in [-0.15, -0.1) is 11.8 Å². The van der Waals surface area contributed by atoms with Crippen molar-refractivity contribution >= 4 is 39.4 Å². The van der Waals surface area contributed by atoms with Crippen molar-refractivity contribution < 1.29 is 14.6 Å². The van der Waals surface area contributed by atoms with E-state index in [1.165, 1.54) is 5.56 Å². The van der Waals surface area contributed by atoms with Gasteiger partial charge in [0, 0.05) is 17.7 Å². The van der Waals surface area contributed by atoms with E-state index in [4.69, 9.17) is 9.84 Å². The number of aromatic nitrogens is 1. The van der Waals surface area contributed by atoms with Gasteiger partial charge in [-0.05, 0) is 37.1 Å². The Balaban J connectivity index is 1.64. The summed E-state index contributed by atoms with van der Waals surface area (Å²) in [5, 5.41) is 14.6. The monoisotopic (exact) mass is 359 g/mol. The first-order chi connectivity index (χ1) is 12.1. The highest BCUT2D eigenvalue weighted by atomic mass is 32.2. The number of aliphatic carboxylic acids is 1. The van der Waals surface area contributed by atoms with Crippen LogP contribution in [0.15, 0.2) is 23.2 Å². The number of nitrogens with zero attached hydrogens (tertiary/aromatic N) is 1. The van der Waals surface area contributed by atoms with Crippen molar-refractivity contribution in [2.75, 3.05) is 24.3 Å². The molecule has 0 spiro atoms. The normalized spacial score (nSPS) is 23.2. The predicted octanol–water partition coefficient (Wildman–Crippen LogP) is 3.01. The molecule has 2 atom stereocenters. The zero-order valence-electron chi connectivity index (χ0n) is 14.0. The largest absolute Gasteiger partial charge is 0.481 e. The summed E-state index contributed by atoms with van der Waals surface area (Å²) < 4.78 is 5.46. The van der Waals surface area contributed by atoms with Crippen LogP contribution in [0.4, 0.5) is 5.69 Å². The Hall–Kier alpha value is -1.99. The van der Waals surface area contributed by atoms with E-state index < -0.39 is 5.97 Å². The standard InChI is InChI=1S/C18H21N3O3S/c1-10-4-11-6-15(18-20-13(9-25-18)7-16(22)23)21-17(11)14(5-10)19-12-2-3-24-8-12/h4-6,12-13,19,21H,2-3,7-9H2,1H3,(H,22,23). The summed E-state index contributed by atoms with van der Waals surface area (Å²) in [6.07, 6.45) is 1.10. The third-order valence-corrected chi connectivity index (χ3v) is 5.67. The number of H-pyrrole nitrogens is 1. The highest BCUT2D eigenvalue weighted by molar-refractivity contribution is 8.14. The van der Waals surface area contributed by atoms with Crippen molar-refractivity contribution in [3.8, 4) is 0 Å². The van der Waals surface area contributed by atoms with Gasteiger partial charge in [-0.25, -0.2) is 0 Å². The molecule has 25 heavy (non-hydrogen) atoms. The molecule has 0 amide bonds. The van der Waals surface area contributed by atoms with Crippen molar-refractivity contribution in [3.05, 3.63) is 29.5 Å². The first-order valence-electron chi connectivity index (χ1n) is 8.49. The number of aryl methyl sites for hydroxylation is 1. The highest BCUT2D eigenvalue weighted by Gasteiger charge is 2.23. The minimum absolute atomic E-state index is 0.0876. The van der Waals surface area contributed by atoms with Crippen molar-refractivity contribution in [1.29, 1.82) is 0 Å². The number of carbonyl (C=O) groups is 1. The number of ether oxygens (including phenoxy) is 1. The lowest BCUT2D eigenvalue weighted by molar-refractivity contribution is -0.137. The zero-order chi connectivity index (χ0) is 17.4. The minimum atomic E-state index is -0.798. The van der Waals surface area contributed by atoms with Crippen LogP contribution in [0.2, 0.25) is 0 Å². The van der Waals surface area contributed by atoms with E-state index in [1.807, 2.05) is 0 Å². The molecule has 2 aliphatic heterocycles. The van der Waals surface area contributed by atoms with E-state index >= 15 is 0 Å². The van der Waals surface area contributed by atoms with E-state index in [1.54, 1.807) is 11.8 Å². The molecule has 1 aromatic carbocycles. The van der Waals surface area contributed by atoms with Crippen LogP contribution in [-0.4, -0.2) is 52.2 Å². The fraction of sp³-hybridized carbons (Fsp3) is 0.444. The van der Waals surface area contributed by atoms with Crippen LogP contribution < -0.4 is 5.32 Å². The number of hydrogen-bond donors (Lipinski definition) is 3. The van der Waals surface area contributed by atoms with E-state index in [9.17, 15) is 4.79 Å². The number of carboxylic acids is 1. The number of aromatic amines is 1. The SMILES string of the molecule is Cc1cc(NC2CCOC2)c2[nH]c(C3=NC(CC(=O)O)CS3)cc2c1. The molecule has 7 heteroatoms. The quantitative estimate of drug-likeness (QED) is 0.764. The lowest BCUT2D eigenvalue weighted by atomic mass is 10.1. The van der Waals surface area contributed by atoms with Gasteiger partial charge in [-0.2, -0.15) is 0 Å². The molecule has 132 valence electrons. The highest BCUT2D eigenvalue weighted by Crippen LogP contribution is 2.31. The minimum Gasteiger partial charge on any atom is -0.481 e. The third kappa shape index (κ3) is 3.52. The van der Waals surface area contributed by atoms with E-state index in [2.05, 4.69) is 40.4 Å². The summed E-state index contributed by atoms with van der Waals surface area (Å²) in [6.45, 7) is 3.64. The molecule has 3 heterocycles. The summed E-state index contributed by atoms with van der Waals surface area (Å²) in [6, 6.07) is 6.61. The summed E-state index contributed by atoms with van der Waals surface area (Å²) in [7, 11) is 0. The summed E-state index contributed by atoms with van der Waals surface area (Å²) in [4.78, 5) is 18.9. The number of benzene rings is 1. The van der Waals surface area contributed by atoms with Crippen LogP contribution in [0.5, 0.6) is 0 Å². The second-order valence-electron chi connectivity index (χ2n) is 6.66. The molecule has 0 bridgehead atoms. The fourth-order valence-electron chi connectivity index (χ4n) is 3.36. The molecular weight excluding hydrogens is 338 g/mol. The average Bonchev–Trinajstić information content (AvgIpc) is 3.26. The lowest BCUT2D eigenvalue weighted by Gasteiger charge is -2.14. The number of fused-ring (bicyclic) bond motifs is 1. The number of anilines is 1. The first-order valence-corrected chi connectivity index (χ1v) is 9.47. The van der Waals surface area contributed by atoms with Gasteiger partial charge in [0.1, 0.15) is 5.04 Å². The van der Waals surface area contributed by atoms with Crippen molar-refractivity contribution in [3.63, 3.8) is 0 Å². The Morgan fingerprint density at radius 2 is 2.36 bits per heavy atom. The molecule has 1 saturated heterocycles. The first kappa shape index (κ1) is 16.5. The topological polar surface area (TPSA) is 86.7 Å². The molecule has 4 rings (SSSR count). The number of rotatable bonds is 5. The van der Waals surface area contributed by atoms with Gasteiger partial charge in [0.2, 0.25) is 0 Å². The van der Waals surface area contributed by atoms with Gasteiger partial charge in [-0.1, -0.05) is 0 Å². The smallest absolute Gasteiger partial charge is 0.305 e. The average molecular weight is 359 g/mol. The van der Waals surface area contributed by atoms with Crippen LogP contribution in [0.1, 0.15) is 24.1 Å². The molecule has 0 radical (unpaired) electrons. The molecule has 6 nitrogen and oxygen atoms in total. The second kappa shape index (κ2) is 6.72. The summed E-state index contributed by atoms with van der Waals surface area (Å²) in [5.74, 6) is -0.0753. The maximum atomic E-state index is 10.9. The molecule has 0 saturated carbocycles. The molecule has 2 unspecified atom stereocenters. The van der Waals surface area contributed by atoms with Crippen molar-refractivity contribution in [2.45, 2.75) is 31.8 Å². The van der Waals surface area contributed by atoms with Crippen LogP contribution >= 0.6 is 11.8 Å². The maximum Gasteiger partial charge on any atom is 0.305 e. The van der Waals surface area contributed by atoms with Gasteiger partial charge >= 0.3 is 5.97 Å². The third-order valence-electron chi connectivity index (χ3n) is 4.51. The van der Waals surface area contributed by atoms with E-state index in [0.29, 0.717) is 6.04 Å². The molecule has 0 aliphatic carbocycles. The van der Waals surface area contributed by atoms with Crippen molar-refractivity contribution in [2.24, 2.45) is 4.99 Å². The number of hydrogen-bond acceptors (Lipinski definition) is 5. The van der Waals surface area contributed by atoms with Gasteiger partial charge in [0.15, 0.2) is 0 Å². The predicted molar refractivity (Wildman–Crippen MR) is 101 cm³/mol. The Morgan fingerprint density at radius 3 is 3.12 bits per heavy atom. The Bertz CT molecular complexity index is 839. The van der Waals surface area contributed by atoms with Crippen LogP contribution in [0.25, 0.3) is 10.9 Å². The summed E-state index contributed by atoms with van der Waals surface area (Å²) in [5.41, 5.74) is 4.31. The Labute approximate surface area is 150 Å². The zero-order valence-corrected chi connectivity index (χ0v) is 14.9. The number of thioether (sulfide) groups is 1. The number of aliphatic imine (C=N–C) groups is 1. The fourth-order valence-corrected chi connectivity index (χ4v) is 4.39.